The molecular weight excluding hydrogens is 178 g/mol. The summed E-state index contributed by atoms with van der Waals surface area (Å²) in [6, 6.07) is 3.50. The third-order valence-corrected chi connectivity index (χ3v) is 1.70. The summed E-state index contributed by atoms with van der Waals surface area (Å²) < 4.78 is 0. The van der Waals surface area contributed by atoms with Crippen LogP contribution in [0.25, 0.3) is 0 Å². The van der Waals surface area contributed by atoms with E-state index in [1.54, 1.807) is 6.20 Å². The molecule has 2 N–H and O–H groups in total. The van der Waals surface area contributed by atoms with Gasteiger partial charge >= 0.3 is 6.03 Å². The fourth-order valence-corrected chi connectivity index (χ4v) is 0.956. The molecule has 2 amide bonds. The van der Waals surface area contributed by atoms with Crippen LogP contribution in [0.4, 0.5) is 10.5 Å². The summed E-state index contributed by atoms with van der Waals surface area (Å²) in [5.41, 5.74) is 1.65. The summed E-state index contributed by atoms with van der Waals surface area (Å²) in [4.78, 5) is 15.3. The molecule has 0 fully saturated rings. The number of hydrogen-bond acceptors (Lipinski definition) is 2. The predicted octanol–water partition coefficient (Wildman–Crippen LogP) is 1.92. The number of rotatable bonds is 3. The Morgan fingerprint density at radius 3 is 2.86 bits per heavy atom. The molecule has 1 aromatic heterocycles. The topological polar surface area (TPSA) is 54.0 Å². The molecule has 4 heteroatoms. The minimum atomic E-state index is -0.183. The van der Waals surface area contributed by atoms with E-state index in [0.717, 1.165) is 12.1 Å². The zero-order valence-corrected chi connectivity index (χ0v) is 8.50. The highest BCUT2D eigenvalue weighted by atomic mass is 16.2. The van der Waals surface area contributed by atoms with Crippen LogP contribution in [0.1, 0.15) is 19.0 Å². The van der Waals surface area contributed by atoms with E-state index in [4.69, 9.17) is 0 Å². The predicted molar refractivity (Wildman–Crippen MR) is 56.3 cm³/mol. The Morgan fingerprint density at radius 2 is 2.29 bits per heavy atom. The van der Waals surface area contributed by atoms with Gasteiger partial charge in [-0.25, -0.2) is 4.79 Å². The van der Waals surface area contributed by atoms with Crippen molar-refractivity contribution in [1.82, 2.24) is 10.3 Å². The number of aromatic nitrogens is 1. The van der Waals surface area contributed by atoms with Crippen molar-refractivity contribution in [2.45, 2.75) is 20.3 Å². The fourth-order valence-electron chi connectivity index (χ4n) is 0.956. The van der Waals surface area contributed by atoms with Crippen molar-refractivity contribution in [2.75, 3.05) is 11.9 Å². The molecule has 0 saturated heterocycles. The van der Waals surface area contributed by atoms with E-state index in [1.807, 2.05) is 26.0 Å². The van der Waals surface area contributed by atoms with Gasteiger partial charge in [-0.05, 0) is 25.5 Å². The average molecular weight is 193 g/mol. The minimum Gasteiger partial charge on any atom is -0.338 e. The van der Waals surface area contributed by atoms with Crippen LogP contribution in [-0.4, -0.2) is 17.6 Å². The monoisotopic (exact) mass is 193 g/mol. The maximum absolute atomic E-state index is 11.2. The van der Waals surface area contributed by atoms with E-state index in [0.29, 0.717) is 12.2 Å². The second kappa shape index (κ2) is 5.21. The van der Waals surface area contributed by atoms with Gasteiger partial charge in [-0.2, -0.15) is 0 Å². The summed E-state index contributed by atoms with van der Waals surface area (Å²) >= 11 is 0. The Hall–Kier alpha value is -1.58. The van der Waals surface area contributed by atoms with Crippen molar-refractivity contribution in [3.63, 3.8) is 0 Å². The Balaban J connectivity index is 2.44. The largest absolute Gasteiger partial charge is 0.338 e. The lowest BCUT2D eigenvalue weighted by molar-refractivity contribution is 0.252. The summed E-state index contributed by atoms with van der Waals surface area (Å²) in [5, 5.41) is 5.41. The van der Waals surface area contributed by atoms with E-state index in [2.05, 4.69) is 15.6 Å². The van der Waals surface area contributed by atoms with E-state index in [9.17, 15) is 4.79 Å². The summed E-state index contributed by atoms with van der Waals surface area (Å²) in [6.07, 6.45) is 2.57. The first-order valence-corrected chi connectivity index (χ1v) is 4.70. The number of hydrogen-bond donors (Lipinski definition) is 2. The number of aryl methyl sites for hydroxylation is 1. The lowest BCUT2D eigenvalue weighted by atomic mass is 10.3. The molecule has 0 bridgehead atoms. The van der Waals surface area contributed by atoms with E-state index >= 15 is 0 Å². The molecule has 0 spiro atoms. The van der Waals surface area contributed by atoms with E-state index in [-0.39, 0.29) is 6.03 Å². The molecule has 0 radical (unpaired) electrons. The Morgan fingerprint density at radius 1 is 1.50 bits per heavy atom. The van der Waals surface area contributed by atoms with Crippen molar-refractivity contribution in [3.05, 3.63) is 24.0 Å². The first kappa shape index (κ1) is 10.5. The molecule has 1 heterocycles. The molecule has 4 nitrogen and oxygen atoms in total. The number of nitrogens with one attached hydrogen (secondary N) is 2. The molecule has 0 aliphatic heterocycles. The Bertz CT molecular complexity index is 295. The summed E-state index contributed by atoms with van der Waals surface area (Å²) in [7, 11) is 0. The van der Waals surface area contributed by atoms with Gasteiger partial charge in [0.15, 0.2) is 0 Å². The minimum absolute atomic E-state index is 0.183. The molecule has 0 saturated carbocycles. The van der Waals surface area contributed by atoms with Crippen molar-refractivity contribution >= 4 is 11.7 Å². The van der Waals surface area contributed by atoms with Gasteiger partial charge in [-0.15, -0.1) is 0 Å². The van der Waals surface area contributed by atoms with Crippen molar-refractivity contribution < 1.29 is 4.79 Å². The van der Waals surface area contributed by atoms with Crippen LogP contribution in [-0.2, 0) is 0 Å². The number of pyridine rings is 1. The first-order chi connectivity index (χ1) is 6.72. The fraction of sp³-hybridized carbons (Fsp3) is 0.400. The van der Waals surface area contributed by atoms with Gasteiger partial charge in [0.2, 0.25) is 0 Å². The normalized spacial score (nSPS) is 9.57. The molecule has 0 aliphatic carbocycles. The number of nitrogens with zero attached hydrogens (tertiary/aromatic N) is 1. The highest BCUT2D eigenvalue weighted by Gasteiger charge is 1.99. The first-order valence-electron chi connectivity index (χ1n) is 4.70. The van der Waals surface area contributed by atoms with Crippen molar-refractivity contribution in [1.29, 1.82) is 0 Å². The number of urea groups is 1. The van der Waals surface area contributed by atoms with Gasteiger partial charge in [0.05, 0.1) is 11.9 Å². The highest BCUT2D eigenvalue weighted by Crippen LogP contribution is 2.04. The second-order valence-corrected chi connectivity index (χ2v) is 3.07. The number of anilines is 1. The third kappa shape index (κ3) is 3.43. The van der Waals surface area contributed by atoms with Crippen molar-refractivity contribution in [2.24, 2.45) is 0 Å². The Labute approximate surface area is 83.7 Å². The second-order valence-electron chi connectivity index (χ2n) is 3.07. The maximum Gasteiger partial charge on any atom is 0.319 e. The quantitative estimate of drug-likeness (QED) is 0.770. The van der Waals surface area contributed by atoms with Gasteiger partial charge in [-0.1, -0.05) is 6.92 Å². The molecule has 1 rings (SSSR count). The molecule has 76 valence electrons. The average Bonchev–Trinajstić information content (AvgIpc) is 2.18. The van der Waals surface area contributed by atoms with Gasteiger partial charge < -0.3 is 10.6 Å². The number of carbonyl (C=O) groups excluding carboxylic acids is 1. The lowest BCUT2D eigenvalue weighted by Crippen LogP contribution is -2.29. The number of carbonyl (C=O) groups is 1. The number of amides is 2. The standard InChI is InChI=1S/C10H15N3O/c1-3-6-11-10(14)13-9-5-4-8(2)12-7-9/h4-5,7H,3,6H2,1-2H3,(H2,11,13,14). The van der Waals surface area contributed by atoms with E-state index in [1.165, 1.54) is 0 Å². The van der Waals surface area contributed by atoms with Gasteiger partial charge in [0.25, 0.3) is 0 Å². The van der Waals surface area contributed by atoms with Crippen LogP contribution < -0.4 is 10.6 Å². The third-order valence-electron chi connectivity index (χ3n) is 1.70. The molecular formula is C10H15N3O. The maximum atomic E-state index is 11.2. The van der Waals surface area contributed by atoms with E-state index < -0.39 is 0 Å². The molecule has 0 atom stereocenters. The SMILES string of the molecule is CCCNC(=O)Nc1ccc(C)nc1. The van der Waals surface area contributed by atoms with Crippen LogP contribution in [0.5, 0.6) is 0 Å². The molecule has 14 heavy (non-hydrogen) atoms. The molecule has 0 aliphatic rings. The highest BCUT2D eigenvalue weighted by molar-refractivity contribution is 5.88. The van der Waals surface area contributed by atoms with Gasteiger partial charge in [-0.3, -0.25) is 4.98 Å². The van der Waals surface area contributed by atoms with Crippen LogP contribution >= 0.6 is 0 Å². The lowest BCUT2D eigenvalue weighted by Gasteiger charge is -2.05. The zero-order chi connectivity index (χ0) is 10.4. The molecule has 0 aromatic carbocycles. The summed E-state index contributed by atoms with van der Waals surface area (Å²) in [6.45, 7) is 4.60. The smallest absolute Gasteiger partial charge is 0.319 e. The zero-order valence-electron chi connectivity index (χ0n) is 8.50. The summed E-state index contributed by atoms with van der Waals surface area (Å²) in [5.74, 6) is 0. The molecule has 0 unspecified atom stereocenters. The van der Waals surface area contributed by atoms with Gasteiger partial charge in [0, 0.05) is 12.2 Å². The van der Waals surface area contributed by atoms with Crippen LogP contribution in [0.3, 0.4) is 0 Å². The van der Waals surface area contributed by atoms with Crippen LogP contribution in [0.15, 0.2) is 18.3 Å². The van der Waals surface area contributed by atoms with Crippen LogP contribution in [0, 0.1) is 6.92 Å². The van der Waals surface area contributed by atoms with Gasteiger partial charge in [0.1, 0.15) is 0 Å². The Kier molecular flexibility index (Phi) is 3.91. The van der Waals surface area contributed by atoms with Crippen LogP contribution in [0.2, 0.25) is 0 Å². The van der Waals surface area contributed by atoms with Crippen molar-refractivity contribution in [3.8, 4) is 0 Å². The molecule has 1 aromatic rings.